The SMILES string of the molecule is [2H]c1c([2H])c([2H])c2c(-c3ccccc3)c3c([2H])c(-c4cccc5ccccc45)c([2H])c([2H])c3c(-c3ccc(-c4cccc5ccccc45)cc3)c2c1[2H]. The van der Waals surface area contributed by atoms with E-state index in [1.807, 2.05) is 115 Å². The first-order valence-corrected chi connectivity index (χ1v) is 15.4. The van der Waals surface area contributed by atoms with Crippen LogP contribution in [-0.4, -0.2) is 0 Å². The summed E-state index contributed by atoms with van der Waals surface area (Å²) in [6, 6.07) is 43.6. The fourth-order valence-electron chi connectivity index (χ4n) is 6.77. The third-order valence-corrected chi connectivity index (χ3v) is 8.90. The van der Waals surface area contributed by atoms with Gasteiger partial charge >= 0.3 is 0 Å². The minimum Gasteiger partial charge on any atom is -0.0622 e. The fourth-order valence-corrected chi connectivity index (χ4v) is 6.77. The maximum absolute atomic E-state index is 9.96. The van der Waals surface area contributed by atoms with E-state index in [-0.39, 0.29) is 53.1 Å². The molecule has 0 nitrogen and oxygen atoms in total. The molecular weight excluding hydrogens is 553 g/mol. The van der Waals surface area contributed by atoms with Crippen molar-refractivity contribution in [1.29, 1.82) is 0 Å². The minimum absolute atomic E-state index is 0.0270. The smallest absolute Gasteiger partial charge is 0.0622 e. The van der Waals surface area contributed by atoms with Crippen LogP contribution in [-0.2, 0) is 0 Å². The van der Waals surface area contributed by atoms with Crippen LogP contribution in [0.25, 0.3) is 87.6 Å². The topological polar surface area (TPSA) is 0 Å². The lowest BCUT2D eigenvalue weighted by molar-refractivity contribution is 1.63. The predicted octanol–water partition coefficient (Wildman–Crippen LogP) is 13.0. The van der Waals surface area contributed by atoms with Gasteiger partial charge in [-0.3, -0.25) is 0 Å². The summed E-state index contributed by atoms with van der Waals surface area (Å²) in [5.41, 5.74) is 5.10. The summed E-state index contributed by atoms with van der Waals surface area (Å²) in [5, 5.41) is 5.21. The van der Waals surface area contributed by atoms with Crippen LogP contribution in [0, 0.1) is 0 Å². The van der Waals surface area contributed by atoms with E-state index in [0.29, 0.717) is 44.2 Å². The first kappa shape index (κ1) is 20.1. The number of fused-ring (bicyclic) bond motifs is 4. The van der Waals surface area contributed by atoms with Crippen molar-refractivity contribution in [2.24, 2.45) is 0 Å². The zero-order valence-corrected chi connectivity index (χ0v) is 24.8. The van der Waals surface area contributed by atoms with Crippen LogP contribution < -0.4 is 0 Å². The number of hydrogen-bond acceptors (Lipinski definition) is 0. The van der Waals surface area contributed by atoms with Crippen LogP contribution in [0.2, 0.25) is 0 Å². The highest BCUT2D eigenvalue weighted by atomic mass is 14.2. The van der Waals surface area contributed by atoms with Crippen LogP contribution in [0.1, 0.15) is 9.60 Å². The Labute approximate surface area is 278 Å². The molecule has 0 aliphatic heterocycles. The van der Waals surface area contributed by atoms with Crippen molar-refractivity contribution in [2.45, 2.75) is 0 Å². The van der Waals surface area contributed by atoms with Gasteiger partial charge in [0.25, 0.3) is 0 Å². The maximum atomic E-state index is 9.96. The van der Waals surface area contributed by atoms with Gasteiger partial charge in [-0.05, 0) is 93.6 Å². The van der Waals surface area contributed by atoms with Crippen LogP contribution in [0.3, 0.4) is 0 Å². The van der Waals surface area contributed by atoms with Crippen LogP contribution in [0.4, 0.5) is 0 Å². The molecular formula is C46H30. The fraction of sp³-hybridized carbons (Fsp3) is 0. The van der Waals surface area contributed by atoms with Crippen LogP contribution >= 0.6 is 0 Å². The van der Waals surface area contributed by atoms with Crippen molar-refractivity contribution >= 4 is 43.1 Å². The lowest BCUT2D eigenvalue weighted by Gasteiger charge is -2.19. The average Bonchev–Trinajstić information content (AvgIpc) is 3.20. The Balaban J connectivity index is 1.46. The van der Waals surface area contributed by atoms with Crippen LogP contribution in [0.5, 0.6) is 0 Å². The summed E-state index contributed by atoms with van der Waals surface area (Å²) in [6.45, 7) is 0. The van der Waals surface area contributed by atoms with Gasteiger partial charge in [0.1, 0.15) is 0 Å². The molecule has 0 aliphatic carbocycles. The zero-order valence-electron chi connectivity index (χ0n) is 31.8. The summed E-state index contributed by atoms with van der Waals surface area (Å²) in [4.78, 5) is 0. The van der Waals surface area contributed by atoms with Crippen molar-refractivity contribution in [3.8, 4) is 44.5 Å². The molecule has 0 saturated carbocycles. The van der Waals surface area contributed by atoms with Crippen molar-refractivity contribution in [3.05, 3.63) is 182 Å². The van der Waals surface area contributed by atoms with Gasteiger partial charge in [-0.15, -0.1) is 0 Å². The van der Waals surface area contributed by atoms with E-state index in [1.54, 1.807) is 0 Å². The second-order valence-corrected chi connectivity index (χ2v) is 11.5. The number of benzene rings is 9. The lowest BCUT2D eigenvalue weighted by atomic mass is 9.84. The molecule has 9 aromatic rings. The van der Waals surface area contributed by atoms with Gasteiger partial charge < -0.3 is 0 Å². The molecule has 0 N–H and O–H groups in total. The molecule has 214 valence electrons. The molecule has 0 heteroatoms. The Morgan fingerprint density at radius 2 is 0.783 bits per heavy atom. The van der Waals surface area contributed by atoms with E-state index in [2.05, 4.69) is 24.3 Å². The van der Waals surface area contributed by atoms with E-state index in [0.717, 1.165) is 32.7 Å². The molecule has 46 heavy (non-hydrogen) atoms. The van der Waals surface area contributed by atoms with E-state index < -0.39 is 0 Å². The van der Waals surface area contributed by atoms with Gasteiger partial charge in [-0.2, -0.15) is 0 Å². The molecule has 0 aliphatic rings. The van der Waals surface area contributed by atoms with Gasteiger partial charge in [-0.25, -0.2) is 0 Å². The quantitative estimate of drug-likeness (QED) is 0.179. The summed E-state index contributed by atoms with van der Waals surface area (Å²) < 4.78 is 65.4. The van der Waals surface area contributed by atoms with E-state index in [4.69, 9.17) is 2.74 Å². The molecule has 9 rings (SSSR count). The molecule has 0 amide bonds. The first-order valence-electron chi connectivity index (χ1n) is 18.9. The van der Waals surface area contributed by atoms with Gasteiger partial charge in [0, 0.05) is 0 Å². The Morgan fingerprint density at radius 1 is 0.304 bits per heavy atom. The predicted molar refractivity (Wildman–Crippen MR) is 198 cm³/mol. The monoisotopic (exact) mass is 589 g/mol. The molecule has 0 bridgehead atoms. The van der Waals surface area contributed by atoms with Gasteiger partial charge in [0.2, 0.25) is 0 Å². The van der Waals surface area contributed by atoms with Gasteiger partial charge in [0.15, 0.2) is 0 Å². The Kier molecular flexibility index (Phi) is 4.76. The standard InChI is InChI=1S/C46H30/c1-2-14-34(15-3-1)46-42-21-9-8-20-41(42)45(35-26-24-33(25-27-35)39-22-10-16-31-12-4-6-18-37(31)39)43-29-28-36(30-44(43)46)40-23-11-17-32-13-5-7-19-38(32)40/h1-30H/i8D,9D,20D,21D,28D,29D,30D. The molecule has 0 spiro atoms. The van der Waals surface area contributed by atoms with E-state index >= 15 is 0 Å². The molecule has 0 saturated heterocycles. The van der Waals surface area contributed by atoms with Crippen LogP contribution in [0.15, 0.2) is 182 Å². The Bertz CT molecular complexity index is 2940. The van der Waals surface area contributed by atoms with Crippen molar-refractivity contribution in [1.82, 2.24) is 0 Å². The highest BCUT2D eigenvalue weighted by molar-refractivity contribution is 6.22. The van der Waals surface area contributed by atoms with Gasteiger partial charge in [-0.1, -0.05) is 176 Å². The van der Waals surface area contributed by atoms with E-state index in [9.17, 15) is 6.85 Å². The summed E-state index contributed by atoms with van der Waals surface area (Å²) in [7, 11) is 0. The van der Waals surface area contributed by atoms with E-state index in [1.165, 1.54) is 0 Å². The minimum atomic E-state index is -0.384. The summed E-state index contributed by atoms with van der Waals surface area (Å²) in [6.07, 6.45) is 0. The van der Waals surface area contributed by atoms with Crippen molar-refractivity contribution in [3.63, 3.8) is 0 Å². The maximum Gasteiger partial charge on any atom is 0.0636 e. The Hall–Kier alpha value is -5.98. The summed E-state index contributed by atoms with van der Waals surface area (Å²) >= 11 is 0. The largest absolute Gasteiger partial charge is 0.0636 e. The molecule has 0 atom stereocenters. The number of rotatable bonds is 4. The zero-order chi connectivity index (χ0) is 36.5. The van der Waals surface area contributed by atoms with Crippen molar-refractivity contribution in [2.75, 3.05) is 0 Å². The number of hydrogen-bond donors (Lipinski definition) is 0. The highest BCUT2D eigenvalue weighted by Gasteiger charge is 2.18. The molecule has 0 unspecified atom stereocenters. The first-order chi connectivity index (χ1) is 25.8. The highest BCUT2D eigenvalue weighted by Crippen LogP contribution is 2.45. The molecule has 0 aromatic heterocycles. The third kappa shape index (κ3) is 4.30. The third-order valence-electron chi connectivity index (χ3n) is 8.90. The second kappa shape index (κ2) is 10.9. The molecule has 0 radical (unpaired) electrons. The lowest BCUT2D eigenvalue weighted by Crippen LogP contribution is -1.92. The van der Waals surface area contributed by atoms with Gasteiger partial charge in [0.05, 0.1) is 9.60 Å². The summed E-state index contributed by atoms with van der Waals surface area (Å²) in [5.74, 6) is 0. The molecule has 0 heterocycles. The second-order valence-electron chi connectivity index (χ2n) is 11.5. The Morgan fingerprint density at radius 3 is 1.43 bits per heavy atom. The molecule has 9 aromatic carbocycles. The van der Waals surface area contributed by atoms with Crippen molar-refractivity contribution < 1.29 is 9.60 Å². The normalized spacial score (nSPS) is 13.6. The molecule has 0 fully saturated rings. The average molecular weight is 590 g/mol.